The van der Waals surface area contributed by atoms with Gasteiger partial charge in [0, 0.05) is 6.07 Å². The SMILES string of the molecule is Cc1cccc(CS(=O)(=O)Nc2cc3c(cc2C)OCCO3)c1. The number of sulfonamides is 1. The molecule has 0 saturated carbocycles. The van der Waals surface area contributed by atoms with Crippen LogP contribution in [-0.4, -0.2) is 21.6 Å². The van der Waals surface area contributed by atoms with Crippen LogP contribution in [0.2, 0.25) is 0 Å². The molecule has 0 spiro atoms. The van der Waals surface area contributed by atoms with E-state index in [1.807, 2.05) is 38.1 Å². The number of nitrogens with one attached hydrogen (secondary N) is 1. The van der Waals surface area contributed by atoms with Crippen LogP contribution in [-0.2, 0) is 15.8 Å². The monoisotopic (exact) mass is 333 g/mol. The summed E-state index contributed by atoms with van der Waals surface area (Å²) in [6.07, 6.45) is 0. The molecule has 2 aromatic carbocycles. The van der Waals surface area contributed by atoms with Crippen LogP contribution in [0.25, 0.3) is 0 Å². The summed E-state index contributed by atoms with van der Waals surface area (Å²) in [5.74, 6) is 1.15. The zero-order chi connectivity index (χ0) is 16.4. The molecule has 122 valence electrons. The zero-order valence-electron chi connectivity index (χ0n) is 13.1. The van der Waals surface area contributed by atoms with Crippen molar-refractivity contribution in [2.45, 2.75) is 19.6 Å². The predicted octanol–water partition coefficient (Wildman–Crippen LogP) is 3.02. The van der Waals surface area contributed by atoms with Crippen LogP contribution in [0.4, 0.5) is 5.69 Å². The van der Waals surface area contributed by atoms with E-state index in [0.29, 0.717) is 30.4 Å². The number of aryl methyl sites for hydroxylation is 2. The van der Waals surface area contributed by atoms with Gasteiger partial charge in [0.2, 0.25) is 10.0 Å². The molecule has 0 amide bonds. The number of ether oxygens (including phenoxy) is 2. The third kappa shape index (κ3) is 3.76. The van der Waals surface area contributed by atoms with Crippen molar-refractivity contribution >= 4 is 15.7 Å². The molecule has 0 bridgehead atoms. The highest BCUT2D eigenvalue weighted by atomic mass is 32.2. The quantitative estimate of drug-likeness (QED) is 0.934. The van der Waals surface area contributed by atoms with Crippen LogP contribution in [0.5, 0.6) is 11.5 Å². The summed E-state index contributed by atoms with van der Waals surface area (Å²) in [7, 11) is -3.50. The summed E-state index contributed by atoms with van der Waals surface area (Å²) in [5, 5.41) is 0. The van der Waals surface area contributed by atoms with Crippen molar-refractivity contribution in [1.29, 1.82) is 0 Å². The maximum Gasteiger partial charge on any atom is 0.236 e. The highest BCUT2D eigenvalue weighted by Crippen LogP contribution is 2.35. The van der Waals surface area contributed by atoms with Gasteiger partial charge in [0.05, 0.1) is 11.4 Å². The number of rotatable bonds is 4. The Morgan fingerprint density at radius 3 is 2.43 bits per heavy atom. The van der Waals surface area contributed by atoms with Gasteiger partial charge in [0.15, 0.2) is 11.5 Å². The van der Waals surface area contributed by atoms with Gasteiger partial charge in [-0.05, 0) is 31.0 Å². The third-order valence-electron chi connectivity index (χ3n) is 3.59. The van der Waals surface area contributed by atoms with Gasteiger partial charge in [-0.1, -0.05) is 29.8 Å². The molecule has 3 rings (SSSR count). The molecule has 0 aliphatic carbocycles. The second-order valence-electron chi connectivity index (χ2n) is 5.66. The minimum absolute atomic E-state index is 0.0669. The fraction of sp³-hybridized carbons (Fsp3) is 0.294. The largest absolute Gasteiger partial charge is 0.486 e. The van der Waals surface area contributed by atoms with Crippen molar-refractivity contribution in [1.82, 2.24) is 0 Å². The molecule has 0 unspecified atom stereocenters. The van der Waals surface area contributed by atoms with Gasteiger partial charge in [-0.2, -0.15) is 0 Å². The molecule has 2 aromatic rings. The molecule has 5 nitrogen and oxygen atoms in total. The van der Waals surface area contributed by atoms with E-state index in [2.05, 4.69) is 4.72 Å². The average molecular weight is 333 g/mol. The summed E-state index contributed by atoms with van der Waals surface area (Å²) in [6, 6.07) is 10.9. The van der Waals surface area contributed by atoms with E-state index in [1.165, 1.54) is 0 Å². The molecule has 6 heteroatoms. The topological polar surface area (TPSA) is 64.6 Å². The van der Waals surface area contributed by atoms with Crippen LogP contribution in [0.15, 0.2) is 36.4 Å². The van der Waals surface area contributed by atoms with Gasteiger partial charge in [-0.15, -0.1) is 0 Å². The highest BCUT2D eigenvalue weighted by molar-refractivity contribution is 7.91. The summed E-state index contributed by atoms with van der Waals surface area (Å²) in [4.78, 5) is 0. The van der Waals surface area contributed by atoms with Crippen molar-refractivity contribution in [2.75, 3.05) is 17.9 Å². The van der Waals surface area contributed by atoms with Crippen LogP contribution in [0.3, 0.4) is 0 Å². The molecule has 0 radical (unpaired) electrons. The standard InChI is InChI=1S/C17H19NO4S/c1-12-4-3-5-14(8-12)11-23(19,20)18-15-10-17-16(9-13(15)2)21-6-7-22-17/h3-5,8-10,18H,6-7,11H2,1-2H3. The second kappa shape index (κ2) is 6.12. The van der Waals surface area contributed by atoms with Crippen molar-refractivity contribution in [3.05, 3.63) is 53.1 Å². The van der Waals surface area contributed by atoms with E-state index in [1.54, 1.807) is 12.1 Å². The van der Waals surface area contributed by atoms with Gasteiger partial charge in [0.25, 0.3) is 0 Å². The minimum Gasteiger partial charge on any atom is -0.486 e. The maximum atomic E-state index is 12.4. The molecule has 0 aromatic heterocycles. The smallest absolute Gasteiger partial charge is 0.236 e. The minimum atomic E-state index is -3.50. The van der Waals surface area contributed by atoms with E-state index >= 15 is 0 Å². The molecule has 0 atom stereocenters. The van der Waals surface area contributed by atoms with E-state index in [9.17, 15) is 8.42 Å². The molecular weight excluding hydrogens is 314 g/mol. The maximum absolute atomic E-state index is 12.4. The Balaban J connectivity index is 1.83. The molecule has 1 aliphatic heterocycles. The highest BCUT2D eigenvalue weighted by Gasteiger charge is 2.18. The van der Waals surface area contributed by atoms with Gasteiger partial charge in [-0.3, -0.25) is 4.72 Å². The Bertz CT molecular complexity index is 830. The summed E-state index contributed by atoms with van der Waals surface area (Å²) in [5.41, 5.74) is 3.10. The molecular formula is C17H19NO4S. The lowest BCUT2D eigenvalue weighted by Crippen LogP contribution is -2.18. The lowest BCUT2D eigenvalue weighted by atomic mass is 10.2. The Kier molecular flexibility index (Phi) is 4.17. The van der Waals surface area contributed by atoms with E-state index in [-0.39, 0.29) is 5.75 Å². The number of hydrogen-bond acceptors (Lipinski definition) is 4. The number of hydrogen-bond donors (Lipinski definition) is 1. The second-order valence-corrected chi connectivity index (χ2v) is 7.38. The first kappa shape index (κ1) is 15.7. The molecule has 23 heavy (non-hydrogen) atoms. The van der Waals surface area contributed by atoms with E-state index in [4.69, 9.17) is 9.47 Å². The number of fused-ring (bicyclic) bond motifs is 1. The first-order valence-electron chi connectivity index (χ1n) is 7.39. The van der Waals surface area contributed by atoms with Crippen molar-refractivity contribution < 1.29 is 17.9 Å². The third-order valence-corrected chi connectivity index (χ3v) is 4.84. The predicted molar refractivity (Wildman–Crippen MR) is 89.6 cm³/mol. The number of anilines is 1. The molecule has 1 N–H and O–H groups in total. The zero-order valence-corrected chi connectivity index (χ0v) is 13.9. The fourth-order valence-electron chi connectivity index (χ4n) is 2.53. The Morgan fingerprint density at radius 1 is 1.04 bits per heavy atom. The lowest BCUT2D eigenvalue weighted by Gasteiger charge is -2.20. The molecule has 1 heterocycles. The Hall–Kier alpha value is -2.21. The fourth-order valence-corrected chi connectivity index (χ4v) is 3.77. The van der Waals surface area contributed by atoms with Gasteiger partial charge in [0.1, 0.15) is 13.2 Å². The van der Waals surface area contributed by atoms with Crippen LogP contribution in [0.1, 0.15) is 16.7 Å². The normalized spacial score (nSPS) is 13.7. The van der Waals surface area contributed by atoms with Gasteiger partial charge >= 0.3 is 0 Å². The molecule has 0 fully saturated rings. The van der Waals surface area contributed by atoms with E-state index < -0.39 is 10.0 Å². The average Bonchev–Trinajstić information content (AvgIpc) is 2.47. The van der Waals surface area contributed by atoms with Gasteiger partial charge < -0.3 is 9.47 Å². The van der Waals surface area contributed by atoms with E-state index in [0.717, 1.165) is 16.7 Å². The first-order valence-corrected chi connectivity index (χ1v) is 9.04. The molecule has 1 aliphatic rings. The Labute approximate surface area is 136 Å². The van der Waals surface area contributed by atoms with Gasteiger partial charge in [-0.25, -0.2) is 8.42 Å². The van der Waals surface area contributed by atoms with Crippen molar-refractivity contribution in [3.63, 3.8) is 0 Å². The van der Waals surface area contributed by atoms with Crippen molar-refractivity contribution in [2.24, 2.45) is 0 Å². The lowest BCUT2D eigenvalue weighted by molar-refractivity contribution is 0.171. The number of benzene rings is 2. The summed E-state index contributed by atoms with van der Waals surface area (Å²) >= 11 is 0. The summed E-state index contributed by atoms with van der Waals surface area (Å²) in [6.45, 7) is 4.74. The summed E-state index contributed by atoms with van der Waals surface area (Å²) < 4.78 is 38.5. The molecule has 0 saturated heterocycles. The Morgan fingerprint density at radius 2 is 1.74 bits per heavy atom. The van der Waals surface area contributed by atoms with Crippen LogP contribution < -0.4 is 14.2 Å². The first-order chi connectivity index (χ1) is 10.9. The van der Waals surface area contributed by atoms with Crippen molar-refractivity contribution in [3.8, 4) is 11.5 Å². The van der Waals surface area contributed by atoms with Crippen LogP contribution in [0, 0.1) is 13.8 Å². The van der Waals surface area contributed by atoms with Crippen LogP contribution >= 0.6 is 0 Å².